The van der Waals surface area contributed by atoms with Crippen LogP contribution in [0.5, 0.6) is 0 Å². The highest BCUT2D eigenvalue weighted by Crippen LogP contribution is 2.34. The maximum absolute atomic E-state index is 12.5. The lowest BCUT2D eigenvalue weighted by atomic mass is 9.73. The van der Waals surface area contributed by atoms with Gasteiger partial charge in [-0.15, -0.1) is 0 Å². The maximum Gasteiger partial charge on any atom is 0.329 e. The first-order valence-electron chi connectivity index (χ1n) is 7.19. The first-order chi connectivity index (χ1) is 9.86. The van der Waals surface area contributed by atoms with Gasteiger partial charge in [0.25, 0.3) is 5.91 Å². The Hall–Kier alpha value is -1.36. The summed E-state index contributed by atoms with van der Waals surface area (Å²) in [5.41, 5.74) is 0.201. The summed E-state index contributed by atoms with van der Waals surface area (Å²) in [6, 6.07) is 5.44. The van der Waals surface area contributed by atoms with Crippen molar-refractivity contribution in [2.75, 3.05) is 0 Å². The van der Waals surface area contributed by atoms with Crippen LogP contribution in [0.3, 0.4) is 0 Å². The van der Waals surface area contributed by atoms with Gasteiger partial charge in [-0.05, 0) is 43.4 Å². The summed E-state index contributed by atoms with van der Waals surface area (Å²) >= 11 is 3.35. The number of carbonyl (C=O) groups is 2. The number of benzene rings is 1. The lowest BCUT2D eigenvalue weighted by molar-refractivity contribution is -0.148. The molecule has 0 aromatic heterocycles. The van der Waals surface area contributed by atoms with E-state index in [2.05, 4.69) is 21.2 Å². The number of aliphatic carboxylic acids is 1. The molecular formula is C16H20BrNO3. The molecular weight excluding hydrogens is 334 g/mol. The number of hydrogen-bond acceptors (Lipinski definition) is 2. The van der Waals surface area contributed by atoms with Gasteiger partial charge in [0, 0.05) is 10.0 Å². The minimum absolute atomic E-state index is 0.0693. The third-order valence-electron chi connectivity index (χ3n) is 4.46. The largest absolute Gasteiger partial charge is 0.479 e. The molecule has 1 aliphatic carbocycles. The molecule has 0 heterocycles. The van der Waals surface area contributed by atoms with Gasteiger partial charge in [0.1, 0.15) is 5.54 Å². The van der Waals surface area contributed by atoms with Crippen molar-refractivity contribution in [1.29, 1.82) is 0 Å². The van der Waals surface area contributed by atoms with Crippen LogP contribution in [0.2, 0.25) is 0 Å². The predicted molar refractivity (Wildman–Crippen MR) is 84.3 cm³/mol. The number of halogens is 1. The number of carbonyl (C=O) groups excluding carboxylic acids is 1. The Labute approximate surface area is 133 Å². The van der Waals surface area contributed by atoms with E-state index < -0.39 is 11.5 Å². The second-order valence-corrected chi connectivity index (χ2v) is 6.75. The molecule has 0 saturated heterocycles. The number of carboxylic acids is 1. The van der Waals surface area contributed by atoms with Crippen molar-refractivity contribution in [3.8, 4) is 0 Å². The van der Waals surface area contributed by atoms with E-state index >= 15 is 0 Å². The summed E-state index contributed by atoms with van der Waals surface area (Å²) in [6.45, 7) is 3.75. The Bertz CT molecular complexity index is 573. The average molecular weight is 354 g/mol. The van der Waals surface area contributed by atoms with E-state index in [9.17, 15) is 14.7 Å². The summed E-state index contributed by atoms with van der Waals surface area (Å²) in [7, 11) is 0. The lowest BCUT2D eigenvalue weighted by Gasteiger charge is -2.39. The summed E-state index contributed by atoms with van der Waals surface area (Å²) < 4.78 is 0.805. The zero-order valence-corrected chi connectivity index (χ0v) is 13.9. The van der Waals surface area contributed by atoms with Gasteiger partial charge in [-0.3, -0.25) is 4.79 Å². The quantitative estimate of drug-likeness (QED) is 0.873. The molecule has 0 radical (unpaired) electrons. The van der Waals surface area contributed by atoms with Gasteiger partial charge in [-0.1, -0.05) is 41.8 Å². The topological polar surface area (TPSA) is 66.4 Å². The van der Waals surface area contributed by atoms with E-state index in [0.717, 1.165) is 29.3 Å². The minimum Gasteiger partial charge on any atom is -0.479 e. The maximum atomic E-state index is 12.5. The van der Waals surface area contributed by atoms with Crippen LogP contribution < -0.4 is 5.32 Å². The molecule has 1 aliphatic rings. The second kappa shape index (κ2) is 6.18. The van der Waals surface area contributed by atoms with E-state index in [1.807, 2.05) is 26.0 Å². The van der Waals surface area contributed by atoms with Crippen molar-refractivity contribution in [3.05, 3.63) is 33.8 Å². The highest BCUT2D eigenvalue weighted by atomic mass is 79.9. The summed E-state index contributed by atoms with van der Waals surface area (Å²) in [5.74, 6) is -1.32. The molecule has 0 aliphatic heterocycles. The average Bonchev–Trinajstić information content (AvgIpc) is 2.43. The summed E-state index contributed by atoms with van der Waals surface area (Å²) in [6.07, 6.45) is 3.16. The Kier molecular flexibility index (Phi) is 4.71. The van der Waals surface area contributed by atoms with Gasteiger partial charge in [-0.2, -0.15) is 0 Å². The first-order valence-corrected chi connectivity index (χ1v) is 7.98. The van der Waals surface area contributed by atoms with Crippen LogP contribution in [0.15, 0.2) is 22.7 Å². The lowest BCUT2D eigenvalue weighted by Crippen LogP contribution is -2.60. The number of nitrogens with one attached hydrogen (secondary N) is 1. The van der Waals surface area contributed by atoms with Crippen molar-refractivity contribution in [2.24, 2.45) is 5.92 Å². The van der Waals surface area contributed by atoms with Crippen LogP contribution in [-0.2, 0) is 4.79 Å². The van der Waals surface area contributed by atoms with E-state index in [-0.39, 0.29) is 11.8 Å². The van der Waals surface area contributed by atoms with E-state index in [1.165, 1.54) is 0 Å². The molecule has 2 rings (SSSR count). The van der Waals surface area contributed by atoms with Crippen molar-refractivity contribution in [3.63, 3.8) is 0 Å². The number of aryl methyl sites for hydroxylation is 1. The van der Waals surface area contributed by atoms with Crippen LogP contribution in [0, 0.1) is 12.8 Å². The monoisotopic (exact) mass is 353 g/mol. The number of carboxylic acid groups (broad SMARTS) is 1. The normalized spacial score (nSPS) is 25.4. The van der Waals surface area contributed by atoms with Crippen LogP contribution in [0.4, 0.5) is 0 Å². The van der Waals surface area contributed by atoms with Crippen molar-refractivity contribution >= 4 is 27.8 Å². The molecule has 1 fully saturated rings. The molecule has 2 N–H and O–H groups in total. The van der Waals surface area contributed by atoms with E-state index in [4.69, 9.17) is 0 Å². The molecule has 1 aromatic carbocycles. The van der Waals surface area contributed by atoms with E-state index in [1.54, 1.807) is 6.07 Å². The van der Waals surface area contributed by atoms with Gasteiger partial charge in [0.15, 0.2) is 0 Å². The Morgan fingerprint density at radius 1 is 1.38 bits per heavy atom. The third-order valence-corrected chi connectivity index (χ3v) is 4.96. The van der Waals surface area contributed by atoms with Gasteiger partial charge >= 0.3 is 5.97 Å². The third kappa shape index (κ3) is 3.12. The van der Waals surface area contributed by atoms with Crippen LogP contribution in [0.25, 0.3) is 0 Å². The zero-order chi connectivity index (χ0) is 15.6. The van der Waals surface area contributed by atoms with Crippen molar-refractivity contribution in [2.45, 2.75) is 45.1 Å². The fourth-order valence-corrected chi connectivity index (χ4v) is 3.37. The van der Waals surface area contributed by atoms with Gasteiger partial charge in [0.05, 0.1) is 0 Å². The number of rotatable bonds is 3. The summed E-state index contributed by atoms with van der Waals surface area (Å²) in [4.78, 5) is 24.3. The smallest absolute Gasteiger partial charge is 0.329 e. The Morgan fingerprint density at radius 2 is 2.10 bits per heavy atom. The molecule has 114 valence electrons. The Balaban J connectivity index is 2.31. The molecule has 0 spiro atoms. The fraction of sp³-hybridized carbons (Fsp3) is 0.500. The molecule has 1 aromatic rings. The minimum atomic E-state index is -1.15. The van der Waals surface area contributed by atoms with Crippen LogP contribution >= 0.6 is 15.9 Å². The van der Waals surface area contributed by atoms with Gasteiger partial charge < -0.3 is 10.4 Å². The number of amides is 1. The highest BCUT2D eigenvalue weighted by molar-refractivity contribution is 9.10. The summed E-state index contributed by atoms with van der Waals surface area (Å²) in [5, 5.41) is 12.5. The molecule has 2 atom stereocenters. The standard InChI is InChI=1S/C16H20BrNO3/c1-10-6-7-12(17)9-13(10)14(19)18-16(15(20)21)8-4-3-5-11(16)2/h6-7,9,11H,3-5,8H2,1-2H3,(H,18,19)(H,20,21). The Morgan fingerprint density at radius 3 is 2.71 bits per heavy atom. The SMILES string of the molecule is Cc1ccc(Br)cc1C(=O)NC1(C(=O)O)CCCCC1C. The van der Waals surface area contributed by atoms with Crippen molar-refractivity contribution in [1.82, 2.24) is 5.32 Å². The molecule has 2 unspecified atom stereocenters. The van der Waals surface area contributed by atoms with Crippen molar-refractivity contribution < 1.29 is 14.7 Å². The van der Waals surface area contributed by atoms with E-state index in [0.29, 0.717) is 12.0 Å². The van der Waals surface area contributed by atoms with Crippen LogP contribution in [-0.4, -0.2) is 22.5 Å². The first kappa shape index (κ1) is 16.0. The van der Waals surface area contributed by atoms with Gasteiger partial charge in [-0.25, -0.2) is 4.79 Å². The molecule has 0 bridgehead atoms. The molecule has 5 heteroatoms. The zero-order valence-electron chi connectivity index (χ0n) is 12.3. The van der Waals surface area contributed by atoms with Crippen LogP contribution in [0.1, 0.15) is 48.5 Å². The highest BCUT2D eigenvalue weighted by Gasteiger charge is 2.46. The second-order valence-electron chi connectivity index (χ2n) is 5.84. The molecule has 4 nitrogen and oxygen atoms in total. The molecule has 21 heavy (non-hydrogen) atoms. The number of hydrogen-bond donors (Lipinski definition) is 2. The molecule has 1 amide bonds. The molecule has 1 saturated carbocycles. The van der Waals surface area contributed by atoms with Gasteiger partial charge in [0.2, 0.25) is 0 Å². The predicted octanol–water partition coefficient (Wildman–Crippen LogP) is 3.52. The fourth-order valence-electron chi connectivity index (χ4n) is 3.01.